The van der Waals surface area contributed by atoms with Crippen LogP contribution >= 0.6 is 15.9 Å². The number of nitrogens with one attached hydrogen (secondary N) is 1. The molecule has 144 valence electrons. The Morgan fingerprint density at radius 2 is 1.70 bits per heavy atom. The van der Waals surface area contributed by atoms with Crippen molar-refractivity contribution >= 4 is 31.9 Å². The molecular weight excluding hydrogens is 432 g/mol. The molecule has 4 rings (SSSR count). The molecule has 0 unspecified atom stereocenters. The minimum Gasteiger partial charge on any atom is -0.438 e. The van der Waals surface area contributed by atoms with Crippen LogP contribution in [0.5, 0.6) is 0 Å². The lowest BCUT2D eigenvalue weighted by atomic mass is 10.1. The third kappa shape index (κ3) is 3.70. The Kier molecular flexibility index (Phi) is 4.90. The summed E-state index contributed by atoms with van der Waals surface area (Å²) in [7, 11) is -3.68. The van der Waals surface area contributed by atoms with E-state index in [2.05, 4.69) is 21.2 Å². The Labute approximate surface area is 167 Å². The summed E-state index contributed by atoms with van der Waals surface area (Å²) < 4.78 is 33.2. The van der Waals surface area contributed by atoms with E-state index in [1.807, 2.05) is 24.3 Å². The summed E-state index contributed by atoms with van der Waals surface area (Å²) in [6.07, 6.45) is 4.43. The van der Waals surface area contributed by atoms with Crippen LogP contribution in [0.3, 0.4) is 0 Å². The van der Waals surface area contributed by atoms with Gasteiger partial charge in [-0.15, -0.1) is 0 Å². The molecule has 2 fully saturated rings. The summed E-state index contributed by atoms with van der Waals surface area (Å²) in [5, 5.41) is 2.84. The SMILES string of the molecule is O=C(NC1(c2ccc(Br)cc2)CC1)c1ccc(S(=O)(=O)N2CCCCC2)o1. The van der Waals surface area contributed by atoms with E-state index in [4.69, 9.17) is 4.42 Å². The largest absolute Gasteiger partial charge is 0.438 e. The van der Waals surface area contributed by atoms with Gasteiger partial charge in [0.05, 0.1) is 5.54 Å². The van der Waals surface area contributed by atoms with Gasteiger partial charge in [0.15, 0.2) is 5.76 Å². The second-order valence-electron chi connectivity index (χ2n) is 7.13. The minimum atomic E-state index is -3.68. The molecule has 27 heavy (non-hydrogen) atoms. The predicted molar refractivity (Wildman–Crippen MR) is 104 cm³/mol. The minimum absolute atomic E-state index is 0.0222. The van der Waals surface area contributed by atoms with Crippen LogP contribution in [0.25, 0.3) is 0 Å². The van der Waals surface area contributed by atoms with Crippen molar-refractivity contribution in [1.82, 2.24) is 9.62 Å². The molecule has 0 spiro atoms. The smallest absolute Gasteiger partial charge is 0.287 e. The van der Waals surface area contributed by atoms with Crippen molar-refractivity contribution in [2.24, 2.45) is 0 Å². The van der Waals surface area contributed by atoms with Crippen molar-refractivity contribution in [3.8, 4) is 0 Å². The zero-order valence-corrected chi connectivity index (χ0v) is 17.2. The first kappa shape index (κ1) is 18.7. The van der Waals surface area contributed by atoms with E-state index < -0.39 is 21.5 Å². The lowest BCUT2D eigenvalue weighted by molar-refractivity contribution is 0.0897. The summed E-state index contributed by atoms with van der Waals surface area (Å²) in [6, 6.07) is 10.6. The molecule has 2 aromatic rings. The second kappa shape index (κ2) is 7.07. The Hall–Kier alpha value is -1.64. The van der Waals surface area contributed by atoms with Gasteiger partial charge in [-0.25, -0.2) is 8.42 Å². The first-order chi connectivity index (χ1) is 12.9. The van der Waals surface area contributed by atoms with Gasteiger partial charge in [0.1, 0.15) is 0 Å². The Balaban J connectivity index is 1.50. The van der Waals surface area contributed by atoms with Gasteiger partial charge in [0, 0.05) is 17.6 Å². The average molecular weight is 453 g/mol. The maximum atomic E-state index is 12.7. The summed E-state index contributed by atoms with van der Waals surface area (Å²) >= 11 is 3.41. The van der Waals surface area contributed by atoms with Gasteiger partial charge in [-0.1, -0.05) is 34.5 Å². The topological polar surface area (TPSA) is 79.6 Å². The van der Waals surface area contributed by atoms with E-state index in [0.29, 0.717) is 13.1 Å². The quantitative estimate of drug-likeness (QED) is 0.750. The van der Waals surface area contributed by atoms with E-state index in [0.717, 1.165) is 42.1 Å². The van der Waals surface area contributed by atoms with Crippen LogP contribution in [-0.2, 0) is 15.6 Å². The average Bonchev–Trinajstić information content (AvgIpc) is 3.26. The van der Waals surface area contributed by atoms with Crippen LogP contribution in [-0.4, -0.2) is 31.7 Å². The number of hydrogen-bond donors (Lipinski definition) is 1. The molecule has 1 aromatic carbocycles. The third-order valence-corrected chi connectivity index (χ3v) is 7.52. The molecule has 2 heterocycles. The summed E-state index contributed by atoms with van der Waals surface area (Å²) in [5.41, 5.74) is 0.642. The fourth-order valence-electron chi connectivity index (χ4n) is 3.47. The van der Waals surface area contributed by atoms with Gasteiger partial charge in [0.25, 0.3) is 15.9 Å². The number of halogens is 1. The molecule has 1 amide bonds. The van der Waals surface area contributed by atoms with Gasteiger partial charge in [-0.3, -0.25) is 4.79 Å². The maximum Gasteiger partial charge on any atom is 0.287 e. The number of benzene rings is 1. The molecule has 1 aliphatic heterocycles. The number of rotatable bonds is 5. The molecule has 2 aliphatic rings. The van der Waals surface area contributed by atoms with Crippen LogP contribution in [0.2, 0.25) is 0 Å². The predicted octanol–water partition coefficient (Wildman–Crippen LogP) is 3.64. The van der Waals surface area contributed by atoms with Crippen molar-refractivity contribution in [3.63, 3.8) is 0 Å². The third-order valence-electron chi connectivity index (χ3n) is 5.21. The highest BCUT2D eigenvalue weighted by molar-refractivity contribution is 9.10. The van der Waals surface area contributed by atoms with Crippen molar-refractivity contribution in [2.75, 3.05) is 13.1 Å². The zero-order chi connectivity index (χ0) is 19.1. The standard InChI is InChI=1S/C19H21BrN2O4S/c20-15-6-4-14(5-7-15)19(10-11-19)21-18(23)16-8-9-17(26-16)27(24,25)22-12-2-1-3-13-22/h4-9H,1-3,10-13H2,(H,21,23). The molecule has 1 saturated heterocycles. The number of carbonyl (C=O) groups excluding carboxylic acids is 1. The Morgan fingerprint density at radius 3 is 2.33 bits per heavy atom. The van der Waals surface area contributed by atoms with Crippen LogP contribution in [0.1, 0.15) is 48.2 Å². The molecule has 0 bridgehead atoms. The lowest BCUT2D eigenvalue weighted by Crippen LogP contribution is -2.35. The second-order valence-corrected chi connectivity index (χ2v) is 9.91. The highest BCUT2D eigenvalue weighted by atomic mass is 79.9. The maximum absolute atomic E-state index is 12.7. The van der Waals surface area contributed by atoms with E-state index in [9.17, 15) is 13.2 Å². The van der Waals surface area contributed by atoms with E-state index in [1.54, 1.807) is 0 Å². The van der Waals surface area contributed by atoms with Crippen molar-refractivity contribution in [2.45, 2.75) is 42.7 Å². The number of carbonyl (C=O) groups is 1. The number of hydrogen-bond acceptors (Lipinski definition) is 4. The Bertz CT molecular complexity index is 942. The first-order valence-electron chi connectivity index (χ1n) is 9.09. The summed E-state index contributed by atoms with van der Waals surface area (Å²) in [6.45, 7) is 0.995. The fourth-order valence-corrected chi connectivity index (χ4v) is 5.16. The molecule has 1 aromatic heterocycles. The summed E-state index contributed by atoms with van der Waals surface area (Å²) in [5.74, 6) is -0.371. The van der Waals surface area contributed by atoms with Crippen LogP contribution in [0.4, 0.5) is 0 Å². The molecule has 8 heteroatoms. The number of amides is 1. The van der Waals surface area contributed by atoms with Gasteiger partial charge in [0.2, 0.25) is 5.09 Å². The zero-order valence-electron chi connectivity index (χ0n) is 14.8. The molecule has 1 saturated carbocycles. The van der Waals surface area contributed by atoms with E-state index >= 15 is 0 Å². The number of piperidine rings is 1. The highest BCUT2D eigenvalue weighted by Crippen LogP contribution is 2.46. The molecule has 1 aliphatic carbocycles. The summed E-state index contributed by atoms with van der Waals surface area (Å²) in [4.78, 5) is 12.6. The normalized spacial score (nSPS) is 19.6. The Morgan fingerprint density at radius 1 is 1.04 bits per heavy atom. The van der Waals surface area contributed by atoms with E-state index in [1.165, 1.54) is 16.4 Å². The van der Waals surface area contributed by atoms with Gasteiger partial charge >= 0.3 is 0 Å². The first-order valence-corrected chi connectivity index (χ1v) is 11.3. The van der Waals surface area contributed by atoms with Crippen LogP contribution in [0.15, 0.2) is 50.4 Å². The van der Waals surface area contributed by atoms with Gasteiger partial charge in [-0.05, 0) is 55.5 Å². The van der Waals surface area contributed by atoms with Crippen molar-refractivity contribution < 1.29 is 17.6 Å². The van der Waals surface area contributed by atoms with Crippen LogP contribution in [0, 0.1) is 0 Å². The van der Waals surface area contributed by atoms with Gasteiger partial charge < -0.3 is 9.73 Å². The molecule has 6 nitrogen and oxygen atoms in total. The van der Waals surface area contributed by atoms with Gasteiger partial charge in [-0.2, -0.15) is 4.31 Å². The monoisotopic (exact) mass is 452 g/mol. The molecule has 0 atom stereocenters. The van der Waals surface area contributed by atoms with Crippen molar-refractivity contribution in [3.05, 3.63) is 52.2 Å². The van der Waals surface area contributed by atoms with Crippen LogP contribution < -0.4 is 5.32 Å². The van der Waals surface area contributed by atoms with Crippen molar-refractivity contribution in [1.29, 1.82) is 0 Å². The number of nitrogens with zero attached hydrogens (tertiary/aromatic N) is 1. The number of furan rings is 1. The number of sulfonamides is 1. The lowest BCUT2D eigenvalue weighted by Gasteiger charge is -2.24. The fraction of sp³-hybridized carbons (Fsp3) is 0.421. The molecule has 1 N–H and O–H groups in total. The molecule has 0 radical (unpaired) electrons. The van der Waals surface area contributed by atoms with E-state index in [-0.39, 0.29) is 10.9 Å². The molecular formula is C19H21BrN2O4S. The highest BCUT2D eigenvalue weighted by Gasteiger charge is 2.46.